The van der Waals surface area contributed by atoms with Gasteiger partial charge in [-0.1, -0.05) is 46.9 Å². The molecule has 166 valence electrons. The fourth-order valence-electron chi connectivity index (χ4n) is 3.32. The first kappa shape index (κ1) is 23.0. The maximum Gasteiger partial charge on any atom is 0.180 e. The van der Waals surface area contributed by atoms with Crippen LogP contribution in [0.4, 0.5) is 0 Å². The predicted molar refractivity (Wildman–Crippen MR) is 133 cm³/mol. The summed E-state index contributed by atoms with van der Waals surface area (Å²) in [5.74, 6) is 1.31. The number of ether oxygens (including phenoxy) is 2. The second kappa shape index (κ2) is 9.76. The molecule has 1 aromatic heterocycles. The molecule has 0 fully saturated rings. The number of nitrogens with zero attached hydrogens (tertiary/aromatic N) is 2. The topological polar surface area (TPSA) is 70.9 Å². The third kappa shape index (κ3) is 5.09. The highest BCUT2D eigenvalue weighted by molar-refractivity contribution is 6.42. The highest BCUT2D eigenvalue weighted by Crippen LogP contribution is 2.38. The average Bonchev–Trinajstić information content (AvgIpc) is 3.21. The quantitative estimate of drug-likeness (QED) is 0.280. The van der Waals surface area contributed by atoms with Crippen LogP contribution in [-0.4, -0.2) is 17.1 Å². The number of aromatic nitrogens is 2. The number of halogens is 3. The molecule has 3 aromatic carbocycles. The summed E-state index contributed by atoms with van der Waals surface area (Å²) in [7, 11) is 1.53. The summed E-state index contributed by atoms with van der Waals surface area (Å²) >= 11 is 18.5. The van der Waals surface area contributed by atoms with E-state index in [0.717, 1.165) is 22.2 Å². The van der Waals surface area contributed by atoms with Gasteiger partial charge in [0.1, 0.15) is 18.5 Å². The van der Waals surface area contributed by atoms with Crippen molar-refractivity contribution in [1.29, 1.82) is 5.26 Å². The number of nitriles is 1. The van der Waals surface area contributed by atoms with Crippen LogP contribution in [0, 0.1) is 18.3 Å². The molecule has 0 spiro atoms. The number of rotatable bonds is 6. The van der Waals surface area contributed by atoms with E-state index < -0.39 is 0 Å². The van der Waals surface area contributed by atoms with Crippen molar-refractivity contribution < 1.29 is 9.47 Å². The molecule has 4 aromatic rings. The van der Waals surface area contributed by atoms with E-state index in [4.69, 9.17) is 44.3 Å². The van der Waals surface area contributed by atoms with E-state index in [9.17, 15) is 5.26 Å². The number of aryl methyl sites for hydroxylation is 1. The molecule has 0 radical (unpaired) electrons. The fraction of sp³-hybridized carbons (Fsp3) is 0.120. The Labute approximate surface area is 206 Å². The van der Waals surface area contributed by atoms with Gasteiger partial charge in [0.15, 0.2) is 11.5 Å². The summed E-state index contributed by atoms with van der Waals surface area (Å²) in [5.41, 5.74) is 4.64. The summed E-state index contributed by atoms with van der Waals surface area (Å²) in [4.78, 5) is 7.72. The molecule has 0 bridgehead atoms. The van der Waals surface area contributed by atoms with Gasteiger partial charge in [0.2, 0.25) is 0 Å². The van der Waals surface area contributed by atoms with Crippen molar-refractivity contribution >= 4 is 57.5 Å². The molecular weight excluding hydrogens is 481 g/mol. The monoisotopic (exact) mass is 497 g/mol. The number of benzene rings is 3. The number of fused-ring (bicyclic) bond motifs is 1. The van der Waals surface area contributed by atoms with Gasteiger partial charge < -0.3 is 14.5 Å². The second-order valence-corrected chi connectivity index (χ2v) is 8.57. The fourth-order valence-corrected chi connectivity index (χ4v) is 3.91. The highest BCUT2D eigenvalue weighted by Gasteiger charge is 2.14. The lowest BCUT2D eigenvalue weighted by atomic mass is 10.1. The van der Waals surface area contributed by atoms with Crippen molar-refractivity contribution in [3.63, 3.8) is 0 Å². The first-order valence-electron chi connectivity index (χ1n) is 9.90. The minimum Gasteiger partial charge on any atom is -0.493 e. The van der Waals surface area contributed by atoms with Crippen LogP contribution in [0.5, 0.6) is 11.5 Å². The molecule has 1 N–H and O–H groups in total. The van der Waals surface area contributed by atoms with E-state index in [0.29, 0.717) is 43.5 Å². The first-order valence-corrected chi connectivity index (χ1v) is 11.0. The molecule has 4 rings (SSSR count). The smallest absolute Gasteiger partial charge is 0.180 e. The van der Waals surface area contributed by atoms with Gasteiger partial charge >= 0.3 is 0 Å². The predicted octanol–water partition coefficient (Wildman–Crippen LogP) is 7.48. The summed E-state index contributed by atoms with van der Waals surface area (Å²) in [6, 6.07) is 16.8. The Balaban J connectivity index is 1.63. The van der Waals surface area contributed by atoms with E-state index in [1.54, 1.807) is 30.3 Å². The standard InChI is InChI=1S/C25H18Cl3N3O2/c1-14-3-6-21-22(7-14)31-25(30-21)17(12-29)8-16-10-20(28)24(23(11-16)32-2)33-13-15-4-5-18(26)19(27)9-15/h3-11H,13H2,1-2H3,(H,30,31). The van der Waals surface area contributed by atoms with Gasteiger partial charge in [0.05, 0.1) is 38.8 Å². The van der Waals surface area contributed by atoms with Gasteiger partial charge in [-0.3, -0.25) is 0 Å². The zero-order valence-corrected chi connectivity index (χ0v) is 20.0. The Morgan fingerprint density at radius 2 is 1.88 bits per heavy atom. The third-order valence-electron chi connectivity index (χ3n) is 4.94. The van der Waals surface area contributed by atoms with Gasteiger partial charge in [0.25, 0.3) is 0 Å². The Morgan fingerprint density at radius 3 is 2.61 bits per heavy atom. The molecule has 0 saturated carbocycles. The Hall–Kier alpha value is -3.17. The van der Waals surface area contributed by atoms with Crippen molar-refractivity contribution in [3.8, 4) is 17.6 Å². The first-order chi connectivity index (χ1) is 15.9. The SMILES string of the molecule is COc1cc(C=C(C#N)c2nc3ccc(C)cc3[nH]2)cc(Cl)c1OCc1ccc(Cl)c(Cl)c1. The normalized spacial score (nSPS) is 11.5. The van der Waals surface area contributed by atoms with Gasteiger partial charge in [-0.05, 0) is 66.1 Å². The van der Waals surface area contributed by atoms with Gasteiger partial charge in [-0.25, -0.2) is 4.98 Å². The molecular formula is C25H18Cl3N3O2. The van der Waals surface area contributed by atoms with E-state index >= 15 is 0 Å². The van der Waals surface area contributed by atoms with Crippen LogP contribution < -0.4 is 9.47 Å². The van der Waals surface area contributed by atoms with Crippen molar-refractivity contribution in [2.24, 2.45) is 0 Å². The zero-order valence-electron chi connectivity index (χ0n) is 17.7. The number of nitrogens with one attached hydrogen (secondary N) is 1. The Kier molecular flexibility index (Phi) is 6.80. The third-order valence-corrected chi connectivity index (χ3v) is 5.96. The van der Waals surface area contributed by atoms with Crippen LogP contribution in [0.3, 0.4) is 0 Å². The number of H-pyrrole nitrogens is 1. The zero-order chi connectivity index (χ0) is 23.5. The molecule has 5 nitrogen and oxygen atoms in total. The summed E-state index contributed by atoms with van der Waals surface area (Å²) in [6.45, 7) is 2.23. The maximum atomic E-state index is 9.74. The van der Waals surface area contributed by atoms with Crippen molar-refractivity contribution in [2.75, 3.05) is 7.11 Å². The minimum atomic E-state index is 0.226. The van der Waals surface area contributed by atoms with Crippen molar-refractivity contribution in [3.05, 3.63) is 86.1 Å². The van der Waals surface area contributed by atoms with E-state index in [1.165, 1.54) is 7.11 Å². The van der Waals surface area contributed by atoms with Gasteiger partial charge in [-0.2, -0.15) is 5.26 Å². The van der Waals surface area contributed by atoms with Gasteiger partial charge in [-0.15, -0.1) is 0 Å². The maximum absolute atomic E-state index is 9.74. The summed E-state index contributed by atoms with van der Waals surface area (Å²) < 4.78 is 11.4. The molecule has 0 saturated heterocycles. The second-order valence-electron chi connectivity index (χ2n) is 7.35. The van der Waals surface area contributed by atoms with Crippen LogP contribution in [0.25, 0.3) is 22.7 Å². The Morgan fingerprint density at radius 1 is 1.06 bits per heavy atom. The van der Waals surface area contributed by atoms with Crippen molar-refractivity contribution in [2.45, 2.75) is 13.5 Å². The number of methoxy groups -OCH3 is 1. The van der Waals surface area contributed by atoms with Gasteiger partial charge in [0, 0.05) is 0 Å². The van der Waals surface area contributed by atoms with E-state index in [2.05, 4.69) is 16.0 Å². The molecule has 0 unspecified atom stereocenters. The van der Waals surface area contributed by atoms with Crippen LogP contribution in [-0.2, 0) is 6.61 Å². The molecule has 0 amide bonds. The molecule has 8 heteroatoms. The van der Waals surface area contributed by atoms with Crippen LogP contribution in [0.1, 0.15) is 22.5 Å². The lowest BCUT2D eigenvalue weighted by molar-refractivity contribution is 0.284. The molecule has 0 aliphatic heterocycles. The van der Waals surface area contributed by atoms with Crippen LogP contribution in [0.2, 0.25) is 15.1 Å². The summed E-state index contributed by atoms with van der Waals surface area (Å²) in [5, 5.41) is 11.0. The highest BCUT2D eigenvalue weighted by atomic mass is 35.5. The largest absolute Gasteiger partial charge is 0.493 e. The Bertz CT molecular complexity index is 1420. The van der Waals surface area contributed by atoms with Crippen LogP contribution >= 0.6 is 34.8 Å². The lowest BCUT2D eigenvalue weighted by Crippen LogP contribution is -1.99. The number of aromatic amines is 1. The molecule has 1 heterocycles. The lowest BCUT2D eigenvalue weighted by Gasteiger charge is -2.14. The molecule has 33 heavy (non-hydrogen) atoms. The number of hydrogen-bond donors (Lipinski definition) is 1. The van der Waals surface area contributed by atoms with E-state index in [-0.39, 0.29) is 6.61 Å². The van der Waals surface area contributed by atoms with Crippen molar-refractivity contribution in [1.82, 2.24) is 9.97 Å². The molecule has 0 aliphatic rings. The van der Waals surface area contributed by atoms with E-state index in [1.807, 2.05) is 31.2 Å². The van der Waals surface area contributed by atoms with Crippen LogP contribution in [0.15, 0.2) is 48.5 Å². The number of imidazole rings is 1. The minimum absolute atomic E-state index is 0.226. The average molecular weight is 499 g/mol. The molecule has 0 atom stereocenters. The number of hydrogen-bond acceptors (Lipinski definition) is 4. The molecule has 0 aliphatic carbocycles. The summed E-state index contributed by atoms with van der Waals surface area (Å²) in [6.07, 6.45) is 1.70. The number of allylic oxidation sites excluding steroid dienone is 1.